The molecule has 2 rings (SSSR count). The molecule has 1 atom stereocenters. The van der Waals surface area contributed by atoms with Crippen LogP contribution in [-0.2, 0) is 0 Å². The lowest BCUT2D eigenvalue weighted by molar-refractivity contribution is 0.0697. The number of hydrogen-bond acceptors (Lipinski definition) is 3. The Bertz CT molecular complexity index is 678. The smallest absolute Gasteiger partial charge is 0.339 e. The van der Waals surface area contributed by atoms with Crippen molar-refractivity contribution < 1.29 is 9.90 Å². The summed E-state index contributed by atoms with van der Waals surface area (Å²) < 4.78 is 0.627. The number of aromatic carboxylic acids is 1. The fourth-order valence-electron chi connectivity index (χ4n) is 2.08. The molecule has 0 bridgehead atoms. The van der Waals surface area contributed by atoms with Gasteiger partial charge in [-0.15, -0.1) is 0 Å². The number of carbonyl (C=O) groups is 1. The maximum atomic E-state index is 11.4. The van der Waals surface area contributed by atoms with Crippen molar-refractivity contribution in [1.82, 2.24) is 4.98 Å². The molecular formula is C15H14BrClN2O2. The summed E-state index contributed by atoms with van der Waals surface area (Å²) >= 11 is 9.45. The van der Waals surface area contributed by atoms with Crippen LogP contribution in [0.1, 0.15) is 28.9 Å². The molecule has 1 aromatic carbocycles. The first kappa shape index (κ1) is 15.8. The molecule has 1 unspecified atom stereocenters. The zero-order valence-electron chi connectivity index (χ0n) is 11.5. The average molecular weight is 370 g/mol. The van der Waals surface area contributed by atoms with Crippen LogP contribution in [-0.4, -0.2) is 23.1 Å². The quantitative estimate of drug-likeness (QED) is 0.868. The molecule has 0 radical (unpaired) electrons. The van der Waals surface area contributed by atoms with Crippen LogP contribution in [0.3, 0.4) is 0 Å². The highest BCUT2D eigenvalue weighted by Gasteiger charge is 2.21. The lowest BCUT2D eigenvalue weighted by Gasteiger charge is -2.28. The molecule has 1 aromatic heterocycles. The van der Waals surface area contributed by atoms with E-state index >= 15 is 0 Å². The molecule has 0 spiro atoms. The molecule has 0 saturated heterocycles. The largest absolute Gasteiger partial charge is 0.478 e. The van der Waals surface area contributed by atoms with E-state index in [0.29, 0.717) is 15.3 Å². The van der Waals surface area contributed by atoms with Crippen molar-refractivity contribution in [2.24, 2.45) is 0 Å². The first-order valence-electron chi connectivity index (χ1n) is 6.28. The molecule has 0 saturated carbocycles. The average Bonchev–Trinajstić information content (AvgIpc) is 2.46. The Morgan fingerprint density at radius 3 is 2.71 bits per heavy atom. The minimum Gasteiger partial charge on any atom is -0.478 e. The van der Waals surface area contributed by atoms with Crippen molar-refractivity contribution in [3.63, 3.8) is 0 Å². The number of nitrogens with zero attached hydrogens (tertiary/aromatic N) is 2. The van der Waals surface area contributed by atoms with Gasteiger partial charge in [0.1, 0.15) is 11.4 Å². The number of benzene rings is 1. The van der Waals surface area contributed by atoms with E-state index in [0.717, 1.165) is 5.56 Å². The minimum absolute atomic E-state index is 0.106. The first-order chi connectivity index (χ1) is 9.91. The van der Waals surface area contributed by atoms with Gasteiger partial charge in [0.05, 0.1) is 6.04 Å². The highest BCUT2D eigenvalue weighted by atomic mass is 79.9. The van der Waals surface area contributed by atoms with E-state index in [9.17, 15) is 9.90 Å². The third-order valence-electron chi connectivity index (χ3n) is 3.33. The molecule has 4 nitrogen and oxygen atoms in total. The van der Waals surface area contributed by atoms with Crippen LogP contribution in [0.25, 0.3) is 0 Å². The van der Waals surface area contributed by atoms with Crippen LogP contribution < -0.4 is 4.90 Å². The zero-order valence-corrected chi connectivity index (χ0v) is 13.9. The molecule has 2 aromatic rings. The van der Waals surface area contributed by atoms with Crippen LogP contribution in [0.4, 0.5) is 5.82 Å². The number of anilines is 1. The molecule has 1 heterocycles. The molecular weight excluding hydrogens is 356 g/mol. The first-order valence-corrected chi connectivity index (χ1v) is 7.45. The number of halogens is 2. The van der Waals surface area contributed by atoms with Gasteiger partial charge >= 0.3 is 5.97 Å². The Morgan fingerprint density at radius 2 is 2.10 bits per heavy atom. The standard InChI is InChI=1S/C15H14BrClN2O2/c1-9(11-5-3-4-6-13(11)17)19(2)14-12(15(20)21)7-10(16)8-18-14/h3-9H,1-2H3,(H,20,21). The van der Waals surface area contributed by atoms with Crippen LogP contribution in [0.5, 0.6) is 0 Å². The van der Waals surface area contributed by atoms with Gasteiger partial charge in [0.15, 0.2) is 0 Å². The summed E-state index contributed by atoms with van der Waals surface area (Å²) in [6.07, 6.45) is 1.58. The van der Waals surface area contributed by atoms with E-state index < -0.39 is 5.97 Å². The number of aromatic nitrogens is 1. The van der Waals surface area contributed by atoms with Gasteiger partial charge in [0.25, 0.3) is 0 Å². The lowest BCUT2D eigenvalue weighted by atomic mass is 10.1. The van der Waals surface area contributed by atoms with Crippen LogP contribution in [0, 0.1) is 0 Å². The highest BCUT2D eigenvalue weighted by Crippen LogP contribution is 2.31. The number of carboxylic acids is 1. The van der Waals surface area contributed by atoms with Crippen LogP contribution >= 0.6 is 27.5 Å². The van der Waals surface area contributed by atoms with Crippen molar-refractivity contribution in [3.8, 4) is 0 Å². The number of carboxylic acid groups (broad SMARTS) is 1. The molecule has 1 N–H and O–H groups in total. The van der Waals surface area contributed by atoms with E-state index in [1.807, 2.05) is 31.2 Å². The second kappa shape index (κ2) is 6.45. The van der Waals surface area contributed by atoms with Crippen LogP contribution in [0.2, 0.25) is 5.02 Å². The second-order valence-corrected chi connectivity index (χ2v) is 5.96. The topological polar surface area (TPSA) is 53.4 Å². The fourth-order valence-corrected chi connectivity index (χ4v) is 2.70. The Hall–Kier alpha value is -1.59. The van der Waals surface area contributed by atoms with Gasteiger partial charge in [-0.1, -0.05) is 29.8 Å². The third kappa shape index (κ3) is 3.36. The maximum absolute atomic E-state index is 11.4. The van der Waals surface area contributed by atoms with E-state index in [1.54, 1.807) is 24.2 Å². The zero-order chi connectivity index (χ0) is 15.6. The molecule has 110 valence electrons. The normalized spacial score (nSPS) is 12.0. The summed E-state index contributed by atoms with van der Waals surface area (Å²) in [5.74, 6) is -0.616. The molecule has 0 aliphatic carbocycles. The van der Waals surface area contributed by atoms with Crippen molar-refractivity contribution in [2.45, 2.75) is 13.0 Å². The van der Waals surface area contributed by atoms with E-state index in [1.165, 1.54) is 0 Å². The van der Waals surface area contributed by atoms with Gasteiger partial charge < -0.3 is 10.0 Å². The summed E-state index contributed by atoms with van der Waals surface area (Å²) in [6, 6.07) is 8.93. The van der Waals surface area contributed by atoms with Crippen molar-refractivity contribution >= 4 is 39.3 Å². The number of pyridine rings is 1. The van der Waals surface area contributed by atoms with Gasteiger partial charge in [0.2, 0.25) is 0 Å². The van der Waals surface area contributed by atoms with Crippen molar-refractivity contribution in [2.75, 3.05) is 11.9 Å². The van der Waals surface area contributed by atoms with Crippen molar-refractivity contribution in [1.29, 1.82) is 0 Å². The van der Waals surface area contributed by atoms with E-state index in [2.05, 4.69) is 20.9 Å². The Labute approximate surface area is 136 Å². The third-order valence-corrected chi connectivity index (χ3v) is 4.11. The predicted octanol–water partition coefficient (Wildman–Crippen LogP) is 4.39. The Kier molecular flexibility index (Phi) is 4.85. The molecule has 0 aliphatic rings. The lowest BCUT2D eigenvalue weighted by Crippen LogP contribution is -2.25. The summed E-state index contributed by atoms with van der Waals surface area (Å²) in [4.78, 5) is 17.4. The fraction of sp³-hybridized carbons (Fsp3) is 0.200. The highest BCUT2D eigenvalue weighted by molar-refractivity contribution is 9.10. The summed E-state index contributed by atoms with van der Waals surface area (Å²) in [6.45, 7) is 1.95. The molecule has 21 heavy (non-hydrogen) atoms. The number of hydrogen-bond donors (Lipinski definition) is 1. The molecule has 0 amide bonds. The summed E-state index contributed by atoms with van der Waals surface area (Å²) in [5.41, 5.74) is 1.06. The predicted molar refractivity (Wildman–Crippen MR) is 87.2 cm³/mol. The van der Waals surface area contributed by atoms with Gasteiger partial charge in [0, 0.05) is 22.7 Å². The maximum Gasteiger partial charge on any atom is 0.339 e. The molecule has 0 aliphatic heterocycles. The van der Waals surface area contributed by atoms with Gasteiger partial charge in [-0.2, -0.15) is 0 Å². The Morgan fingerprint density at radius 1 is 1.43 bits per heavy atom. The van der Waals surface area contributed by atoms with Crippen molar-refractivity contribution in [3.05, 3.63) is 57.2 Å². The van der Waals surface area contributed by atoms with Gasteiger partial charge in [-0.25, -0.2) is 9.78 Å². The molecule has 0 fully saturated rings. The molecule has 6 heteroatoms. The van der Waals surface area contributed by atoms with E-state index in [-0.39, 0.29) is 11.6 Å². The number of rotatable bonds is 4. The summed E-state index contributed by atoms with van der Waals surface area (Å²) in [7, 11) is 1.80. The van der Waals surface area contributed by atoms with E-state index in [4.69, 9.17) is 11.6 Å². The van der Waals surface area contributed by atoms with Gasteiger partial charge in [-0.05, 0) is 40.5 Å². The van der Waals surface area contributed by atoms with Crippen LogP contribution in [0.15, 0.2) is 41.0 Å². The monoisotopic (exact) mass is 368 g/mol. The SMILES string of the molecule is CC(c1ccccc1Cl)N(C)c1ncc(Br)cc1C(=O)O. The second-order valence-electron chi connectivity index (χ2n) is 4.64. The minimum atomic E-state index is -1.02. The van der Waals surface area contributed by atoms with Gasteiger partial charge in [-0.3, -0.25) is 0 Å². The summed E-state index contributed by atoms with van der Waals surface area (Å²) in [5, 5.41) is 9.98. The Balaban J connectivity index is 2.43.